The molecule has 0 fully saturated rings. The Labute approximate surface area is 141 Å². The number of sulfonamides is 1. The summed E-state index contributed by atoms with van der Waals surface area (Å²) in [5.74, 6) is 0. The van der Waals surface area contributed by atoms with E-state index in [-0.39, 0.29) is 14.9 Å². The van der Waals surface area contributed by atoms with Crippen molar-refractivity contribution in [2.24, 2.45) is 0 Å². The Kier molecular flexibility index (Phi) is 4.20. The summed E-state index contributed by atoms with van der Waals surface area (Å²) >= 11 is 11.8. The average molecular weight is 370 g/mol. The van der Waals surface area contributed by atoms with Gasteiger partial charge in [0, 0.05) is 0 Å². The SMILES string of the molecule is O=S(=O)(Nc1cccc(-n2cnnn2)c1)c1cccc(Cl)c1Cl. The van der Waals surface area contributed by atoms with Crippen molar-refractivity contribution in [3.8, 4) is 5.69 Å². The topological polar surface area (TPSA) is 89.8 Å². The van der Waals surface area contributed by atoms with Crippen LogP contribution in [0.3, 0.4) is 0 Å². The minimum Gasteiger partial charge on any atom is -0.280 e. The van der Waals surface area contributed by atoms with Crippen LogP contribution in [0, 0.1) is 0 Å². The monoisotopic (exact) mass is 369 g/mol. The van der Waals surface area contributed by atoms with Crippen LogP contribution in [-0.4, -0.2) is 28.6 Å². The van der Waals surface area contributed by atoms with Crippen LogP contribution in [0.1, 0.15) is 0 Å². The molecule has 3 rings (SSSR count). The number of nitrogens with one attached hydrogen (secondary N) is 1. The normalized spacial score (nSPS) is 11.4. The van der Waals surface area contributed by atoms with Crippen molar-refractivity contribution < 1.29 is 8.42 Å². The molecule has 2 aromatic carbocycles. The first-order valence-corrected chi connectivity index (χ1v) is 8.51. The van der Waals surface area contributed by atoms with Crippen LogP contribution in [0.25, 0.3) is 5.69 Å². The van der Waals surface area contributed by atoms with E-state index in [1.54, 1.807) is 24.3 Å². The molecule has 0 atom stereocenters. The Bertz CT molecular complexity index is 945. The molecule has 0 unspecified atom stereocenters. The van der Waals surface area contributed by atoms with Crippen LogP contribution in [0.4, 0.5) is 5.69 Å². The Morgan fingerprint density at radius 1 is 1.09 bits per heavy atom. The van der Waals surface area contributed by atoms with Crippen molar-refractivity contribution in [1.29, 1.82) is 0 Å². The maximum atomic E-state index is 12.5. The molecule has 10 heteroatoms. The van der Waals surface area contributed by atoms with Gasteiger partial charge >= 0.3 is 0 Å². The molecule has 23 heavy (non-hydrogen) atoms. The van der Waals surface area contributed by atoms with Gasteiger partial charge in [-0.15, -0.1) is 5.10 Å². The molecule has 1 aromatic heterocycles. The van der Waals surface area contributed by atoms with Gasteiger partial charge in [-0.1, -0.05) is 35.3 Å². The van der Waals surface area contributed by atoms with Gasteiger partial charge in [-0.05, 0) is 40.8 Å². The molecule has 0 saturated heterocycles. The molecule has 1 N–H and O–H groups in total. The zero-order valence-electron chi connectivity index (χ0n) is 11.4. The summed E-state index contributed by atoms with van der Waals surface area (Å²) in [5, 5.41) is 10.9. The number of aromatic nitrogens is 4. The maximum Gasteiger partial charge on any atom is 0.263 e. The zero-order chi connectivity index (χ0) is 16.4. The molecule has 0 aliphatic rings. The first-order chi connectivity index (χ1) is 11.0. The van der Waals surface area contributed by atoms with Gasteiger partial charge in [0.1, 0.15) is 11.2 Å². The summed E-state index contributed by atoms with van der Waals surface area (Å²) in [6.07, 6.45) is 1.40. The van der Waals surface area contributed by atoms with Crippen molar-refractivity contribution in [2.45, 2.75) is 4.90 Å². The second kappa shape index (κ2) is 6.15. The lowest BCUT2D eigenvalue weighted by molar-refractivity contribution is 0.601. The van der Waals surface area contributed by atoms with Gasteiger partial charge in [0.2, 0.25) is 0 Å². The van der Waals surface area contributed by atoms with Crippen LogP contribution in [0.5, 0.6) is 0 Å². The van der Waals surface area contributed by atoms with E-state index in [4.69, 9.17) is 23.2 Å². The Morgan fingerprint density at radius 3 is 2.61 bits per heavy atom. The van der Waals surface area contributed by atoms with Gasteiger partial charge in [0.05, 0.1) is 21.4 Å². The second-order valence-corrected chi connectivity index (χ2v) is 6.90. The Hall–Kier alpha value is -2.16. The van der Waals surface area contributed by atoms with Gasteiger partial charge in [0.15, 0.2) is 0 Å². The quantitative estimate of drug-likeness (QED) is 0.763. The molecule has 3 aromatic rings. The molecule has 0 aliphatic heterocycles. The highest BCUT2D eigenvalue weighted by molar-refractivity contribution is 7.92. The van der Waals surface area contributed by atoms with E-state index in [9.17, 15) is 8.42 Å². The minimum atomic E-state index is -3.88. The molecular formula is C13H9Cl2N5O2S. The van der Waals surface area contributed by atoms with Crippen molar-refractivity contribution in [3.63, 3.8) is 0 Å². The molecule has 0 spiro atoms. The summed E-state index contributed by atoms with van der Waals surface area (Å²) in [7, 11) is -3.88. The third-order valence-corrected chi connectivity index (χ3v) is 5.27. The number of benzene rings is 2. The van der Waals surface area contributed by atoms with Crippen LogP contribution in [0.15, 0.2) is 53.7 Å². The summed E-state index contributed by atoms with van der Waals surface area (Å²) in [6.45, 7) is 0. The highest BCUT2D eigenvalue weighted by atomic mass is 35.5. The van der Waals surface area contributed by atoms with Crippen molar-refractivity contribution in [2.75, 3.05) is 4.72 Å². The van der Waals surface area contributed by atoms with E-state index in [0.29, 0.717) is 11.4 Å². The van der Waals surface area contributed by atoms with Gasteiger partial charge in [-0.2, -0.15) is 0 Å². The molecule has 118 valence electrons. The fraction of sp³-hybridized carbons (Fsp3) is 0. The van der Waals surface area contributed by atoms with Gasteiger partial charge in [-0.3, -0.25) is 4.72 Å². The van der Waals surface area contributed by atoms with Crippen LogP contribution >= 0.6 is 23.2 Å². The largest absolute Gasteiger partial charge is 0.280 e. The highest BCUT2D eigenvalue weighted by Gasteiger charge is 2.19. The first-order valence-electron chi connectivity index (χ1n) is 6.27. The minimum absolute atomic E-state index is 0.0294. The number of halogens is 2. The molecule has 0 amide bonds. The standard InChI is InChI=1S/C13H9Cl2N5O2S/c14-11-5-2-6-12(13(11)15)23(21,22)17-9-3-1-4-10(7-9)20-8-16-18-19-20/h1-8,17H. The molecule has 0 aliphatic carbocycles. The fourth-order valence-corrected chi connectivity index (χ4v) is 3.71. The van der Waals surface area contributed by atoms with Crippen LogP contribution < -0.4 is 4.72 Å². The molecule has 0 radical (unpaired) electrons. The lowest BCUT2D eigenvalue weighted by Gasteiger charge is -2.11. The third kappa shape index (κ3) is 3.29. The van der Waals surface area contributed by atoms with Gasteiger partial charge in [0.25, 0.3) is 10.0 Å². The van der Waals surface area contributed by atoms with Crippen molar-refractivity contribution in [3.05, 3.63) is 58.8 Å². The Balaban J connectivity index is 1.95. The van der Waals surface area contributed by atoms with Gasteiger partial charge < -0.3 is 0 Å². The predicted octanol–water partition coefficient (Wildman–Crippen LogP) is 2.77. The first kappa shape index (κ1) is 15.7. The molecule has 1 heterocycles. The second-order valence-electron chi connectivity index (χ2n) is 4.46. The summed E-state index contributed by atoms with van der Waals surface area (Å²) in [6, 6.07) is 11.0. The average Bonchev–Trinajstić information content (AvgIpc) is 3.04. The molecular weight excluding hydrogens is 361 g/mol. The van der Waals surface area contributed by atoms with E-state index in [1.807, 2.05) is 0 Å². The van der Waals surface area contributed by atoms with E-state index >= 15 is 0 Å². The maximum absolute atomic E-state index is 12.5. The van der Waals surface area contributed by atoms with E-state index in [1.165, 1.54) is 29.2 Å². The molecule has 7 nitrogen and oxygen atoms in total. The number of anilines is 1. The van der Waals surface area contributed by atoms with Gasteiger partial charge in [-0.25, -0.2) is 13.1 Å². The summed E-state index contributed by atoms with van der Waals surface area (Å²) in [5.41, 5.74) is 0.946. The van der Waals surface area contributed by atoms with Crippen molar-refractivity contribution >= 4 is 38.9 Å². The Morgan fingerprint density at radius 2 is 1.87 bits per heavy atom. The third-order valence-electron chi connectivity index (χ3n) is 2.92. The summed E-state index contributed by atoms with van der Waals surface area (Å²) < 4.78 is 28.8. The van der Waals surface area contributed by atoms with E-state index < -0.39 is 10.0 Å². The molecule has 0 bridgehead atoms. The lowest BCUT2D eigenvalue weighted by atomic mass is 10.3. The van der Waals surface area contributed by atoms with Crippen LogP contribution in [0.2, 0.25) is 10.0 Å². The lowest BCUT2D eigenvalue weighted by Crippen LogP contribution is -2.13. The smallest absolute Gasteiger partial charge is 0.263 e. The molecule has 0 saturated carbocycles. The number of hydrogen-bond acceptors (Lipinski definition) is 5. The van der Waals surface area contributed by atoms with Crippen LogP contribution in [-0.2, 0) is 10.0 Å². The summed E-state index contributed by atoms with van der Waals surface area (Å²) in [4.78, 5) is -0.0977. The van der Waals surface area contributed by atoms with Crippen molar-refractivity contribution in [1.82, 2.24) is 20.2 Å². The number of nitrogens with zero attached hydrogens (tertiary/aromatic N) is 4. The number of rotatable bonds is 4. The fourth-order valence-electron chi connectivity index (χ4n) is 1.89. The number of hydrogen-bond donors (Lipinski definition) is 1. The number of tetrazole rings is 1. The zero-order valence-corrected chi connectivity index (χ0v) is 13.7. The highest BCUT2D eigenvalue weighted by Crippen LogP contribution is 2.30. The predicted molar refractivity (Wildman–Crippen MR) is 86.4 cm³/mol. The van der Waals surface area contributed by atoms with E-state index in [0.717, 1.165) is 0 Å². The van der Waals surface area contributed by atoms with E-state index in [2.05, 4.69) is 20.2 Å².